The van der Waals surface area contributed by atoms with Crippen LogP contribution in [0.15, 0.2) is 12.2 Å². The summed E-state index contributed by atoms with van der Waals surface area (Å²) >= 11 is 0. The molecule has 2 atom stereocenters. The van der Waals surface area contributed by atoms with Crippen molar-refractivity contribution in [1.82, 2.24) is 15.1 Å². The van der Waals surface area contributed by atoms with E-state index >= 15 is 0 Å². The topological polar surface area (TPSA) is 79.0 Å². The van der Waals surface area contributed by atoms with Gasteiger partial charge in [-0.15, -0.1) is 0 Å². The van der Waals surface area contributed by atoms with Crippen LogP contribution in [0.5, 0.6) is 0 Å². The van der Waals surface area contributed by atoms with Gasteiger partial charge in [0.2, 0.25) is 11.8 Å². The molecule has 25 heavy (non-hydrogen) atoms. The zero-order valence-electron chi connectivity index (χ0n) is 15.2. The molecule has 0 aromatic rings. The Bertz CT molecular complexity index is 588. The standard InChI is InChI=1S/C18H27N3O4/c1-18(2,3)25-17(24)20-8-6-13(7-9-20)19-16(23)14-5-4-12-10-15(22)21(14)11-12/h4-5,12-14H,6-11H2,1-3H3,(H,19,23)/t12?,14-/m0/s1. The Balaban J connectivity index is 1.48. The number of hydrogen-bond acceptors (Lipinski definition) is 4. The van der Waals surface area contributed by atoms with Crippen molar-refractivity contribution in [2.45, 2.75) is 57.7 Å². The number of piperidine rings is 1. The summed E-state index contributed by atoms with van der Waals surface area (Å²) in [6, 6.07) is -0.467. The number of fused-ring (bicyclic) bond motifs is 2. The summed E-state index contributed by atoms with van der Waals surface area (Å²) in [5.41, 5.74) is -0.504. The van der Waals surface area contributed by atoms with Gasteiger partial charge in [-0.05, 0) is 33.6 Å². The van der Waals surface area contributed by atoms with Gasteiger partial charge >= 0.3 is 6.09 Å². The molecule has 7 heteroatoms. The molecule has 3 heterocycles. The Morgan fingerprint density at radius 3 is 2.52 bits per heavy atom. The van der Waals surface area contributed by atoms with E-state index in [4.69, 9.17) is 4.74 Å². The van der Waals surface area contributed by atoms with Crippen LogP contribution in [-0.2, 0) is 14.3 Å². The lowest BCUT2D eigenvalue weighted by atomic mass is 10.0. The Kier molecular flexibility index (Phi) is 4.75. The first-order chi connectivity index (χ1) is 11.7. The van der Waals surface area contributed by atoms with E-state index in [9.17, 15) is 14.4 Å². The van der Waals surface area contributed by atoms with E-state index in [-0.39, 0.29) is 29.9 Å². The van der Waals surface area contributed by atoms with Crippen molar-refractivity contribution >= 4 is 17.9 Å². The highest BCUT2D eigenvalue weighted by Crippen LogP contribution is 2.27. The van der Waals surface area contributed by atoms with E-state index in [0.717, 1.165) is 0 Å². The minimum absolute atomic E-state index is 0.0232. The van der Waals surface area contributed by atoms with Gasteiger partial charge in [-0.3, -0.25) is 9.59 Å². The summed E-state index contributed by atoms with van der Waals surface area (Å²) in [6.07, 6.45) is 5.41. The van der Waals surface area contributed by atoms with E-state index in [1.54, 1.807) is 9.80 Å². The van der Waals surface area contributed by atoms with Gasteiger partial charge < -0.3 is 19.9 Å². The number of carbonyl (C=O) groups excluding carboxylic acids is 3. The minimum Gasteiger partial charge on any atom is -0.444 e. The Hall–Kier alpha value is -2.05. The minimum atomic E-state index is -0.504. The largest absolute Gasteiger partial charge is 0.444 e. The first-order valence-electron chi connectivity index (χ1n) is 8.99. The fraction of sp³-hybridized carbons (Fsp3) is 0.722. The average molecular weight is 349 g/mol. The summed E-state index contributed by atoms with van der Waals surface area (Å²) in [4.78, 5) is 39.9. The number of rotatable bonds is 2. The predicted molar refractivity (Wildman–Crippen MR) is 91.7 cm³/mol. The molecule has 2 saturated heterocycles. The van der Waals surface area contributed by atoms with Crippen molar-refractivity contribution in [1.29, 1.82) is 0 Å². The predicted octanol–water partition coefficient (Wildman–Crippen LogP) is 1.29. The van der Waals surface area contributed by atoms with E-state index < -0.39 is 11.6 Å². The van der Waals surface area contributed by atoms with Gasteiger partial charge in [0.1, 0.15) is 11.6 Å². The van der Waals surface area contributed by atoms with Gasteiger partial charge in [0.15, 0.2) is 0 Å². The highest BCUT2D eigenvalue weighted by Gasteiger charge is 2.39. The molecule has 0 aliphatic carbocycles. The molecular formula is C18H27N3O4. The van der Waals surface area contributed by atoms with Crippen LogP contribution in [0.4, 0.5) is 4.79 Å². The number of amides is 3. The fourth-order valence-corrected chi connectivity index (χ4v) is 3.57. The molecule has 0 aromatic heterocycles. The second-order valence-corrected chi connectivity index (χ2v) is 8.09. The second-order valence-electron chi connectivity index (χ2n) is 8.09. The zero-order valence-corrected chi connectivity index (χ0v) is 15.2. The van der Waals surface area contributed by atoms with Gasteiger partial charge in [0, 0.05) is 38.0 Å². The van der Waals surface area contributed by atoms with Crippen molar-refractivity contribution in [3.63, 3.8) is 0 Å². The summed E-state index contributed by atoms with van der Waals surface area (Å²) in [6.45, 7) is 7.31. The van der Waals surface area contributed by atoms with E-state index in [1.165, 1.54) is 0 Å². The maximum atomic E-state index is 12.5. The Morgan fingerprint density at radius 2 is 1.88 bits per heavy atom. The number of nitrogens with one attached hydrogen (secondary N) is 1. The van der Waals surface area contributed by atoms with Crippen LogP contribution in [0.1, 0.15) is 40.0 Å². The third-order valence-electron chi connectivity index (χ3n) is 4.85. The first-order valence-corrected chi connectivity index (χ1v) is 8.99. The fourth-order valence-electron chi connectivity index (χ4n) is 3.57. The molecule has 0 spiro atoms. The molecule has 3 aliphatic rings. The number of nitrogens with zero attached hydrogens (tertiary/aromatic N) is 2. The molecule has 138 valence electrons. The average Bonchev–Trinajstić information content (AvgIpc) is 2.81. The van der Waals surface area contributed by atoms with Crippen LogP contribution < -0.4 is 5.32 Å². The highest BCUT2D eigenvalue weighted by molar-refractivity contribution is 5.91. The van der Waals surface area contributed by atoms with E-state index in [1.807, 2.05) is 32.9 Å². The number of hydrogen-bond donors (Lipinski definition) is 1. The van der Waals surface area contributed by atoms with Crippen LogP contribution in [0, 0.1) is 5.92 Å². The quantitative estimate of drug-likeness (QED) is 0.762. The molecule has 3 amide bonds. The third kappa shape index (κ3) is 4.14. The molecule has 0 aromatic carbocycles. The van der Waals surface area contributed by atoms with Crippen molar-refractivity contribution in [2.75, 3.05) is 19.6 Å². The molecule has 0 radical (unpaired) electrons. The van der Waals surface area contributed by atoms with Crippen LogP contribution in [0.25, 0.3) is 0 Å². The van der Waals surface area contributed by atoms with Crippen LogP contribution in [0.2, 0.25) is 0 Å². The van der Waals surface area contributed by atoms with Crippen LogP contribution >= 0.6 is 0 Å². The number of likely N-dealkylation sites (tertiary alicyclic amines) is 1. The lowest BCUT2D eigenvalue weighted by Crippen LogP contribution is -2.53. The lowest BCUT2D eigenvalue weighted by molar-refractivity contribution is -0.136. The Labute approximate surface area is 148 Å². The molecule has 2 bridgehead atoms. The highest BCUT2D eigenvalue weighted by atomic mass is 16.6. The molecule has 1 N–H and O–H groups in total. The van der Waals surface area contributed by atoms with Crippen molar-refractivity contribution in [3.8, 4) is 0 Å². The van der Waals surface area contributed by atoms with Crippen molar-refractivity contribution < 1.29 is 19.1 Å². The van der Waals surface area contributed by atoms with Gasteiger partial charge in [-0.25, -0.2) is 4.79 Å². The molecular weight excluding hydrogens is 322 g/mol. The molecule has 7 nitrogen and oxygen atoms in total. The SMILES string of the molecule is CC(C)(C)OC(=O)N1CCC(NC(=O)[C@@H]2C=CC3CC(=O)N2C3)CC1. The number of carbonyl (C=O) groups is 3. The second kappa shape index (κ2) is 6.69. The molecule has 3 aliphatic heterocycles. The van der Waals surface area contributed by atoms with Crippen molar-refractivity contribution in [2.24, 2.45) is 5.92 Å². The molecule has 0 saturated carbocycles. The lowest BCUT2D eigenvalue weighted by Gasteiger charge is -2.35. The van der Waals surface area contributed by atoms with Gasteiger partial charge in [0.05, 0.1) is 0 Å². The maximum absolute atomic E-state index is 12.5. The summed E-state index contributed by atoms with van der Waals surface area (Å²) in [5, 5.41) is 3.04. The van der Waals surface area contributed by atoms with E-state index in [2.05, 4.69) is 5.32 Å². The molecule has 2 fully saturated rings. The van der Waals surface area contributed by atoms with Gasteiger partial charge in [-0.2, -0.15) is 0 Å². The maximum Gasteiger partial charge on any atom is 0.410 e. The van der Waals surface area contributed by atoms with Gasteiger partial charge in [0.25, 0.3) is 0 Å². The smallest absolute Gasteiger partial charge is 0.410 e. The molecule has 3 rings (SSSR count). The van der Waals surface area contributed by atoms with Gasteiger partial charge in [-0.1, -0.05) is 12.2 Å². The zero-order chi connectivity index (χ0) is 18.2. The summed E-state index contributed by atoms with van der Waals surface area (Å²) < 4.78 is 5.38. The monoisotopic (exact) mass is 349 g/mol. The van der Waals surface area contributed by atoms with Crippen molar-refractivity contribution in [3.05, 3.63) is 12.2 Å². The third-order valence-corrected chi connectivity index (χ3v) is 4.85. The van der Waals surface area contributed by atoms with Crippen LogP contribution in [0.3, 0.4) is 0 Å². The first kappa shape index (κ1) is 17.8. The molecule has 1 unspecified atom stereocenters. The normalized spacial score (nSPS) is 26.8. The summed E-state index contributed by atoms with van der Waals surface area (Å²) in [5.74, 6) is 0.184. The number of ether oxygens (including phenoxy) is 1. The van der Waals surface area contributed by atoms with Crippen LogP contribution in [-0.4, -0.2) is 65.0 Å². The summed E-state index contributed by atoms with van der Waals surface area (Å²) in [7, 11) is 0. The van der Waals surface area contributed by atoms with E-state index in [0.29, 0.717) is 38.9 Å². The Morgan fingerprint density at radius 1 is 1.20 bits per heavy atom.